The van der Waals surface area contributed by atoms with Crippen LogP contribution in [0, 0.1) is 5.92 Å². The molecule has 96 valence electrons. The van der Waals surface area contributed by atoms with Gasteiger partial charge in [0.25, 0.3) is 0 Å². The fourth-order valence-electron chi connectivity index (χ4n) is 2.34. The van der Waals surface area contributed by atoms with E-state index < -0.39 is 0 Å². The highest BCUT2D eigenvalue weighted by molar-refractivity contribution is 5.32. The smallest absolute Gasteiger partial charge is 0.0953 e. The third-order valence-corrected chi connectivity index (χ3v) is 3.09. The molecule has 1 N–H and O–H groups in total. The van der Waals surface area contributed by atoms with Crippen molar-refractivity contribution in [2.75, 3.05) is 7.05 Å². The predicted molar refractivity (Wildman–Crippen MR) is 74.6 cm³/mol. The van der Waals surface area contributed by atoms with E-state index in [2.05, 4.69) is 43.4 Å². The molecule has 0 fully saturated rings. The van der Waals surface area contributed by atoms with Crippen molar-refractivity contribution < 1.29 is 4.42 Å². The van der Waals surface area contributed by atoms with Gasteiger partial charge < -0.3 is 9.73 Å². The molecule has 0 spiro atoms. The van der Waals surface area contributed by atoms with Crippen LogP contribution in [-0.4, -0.2) is 7.05 Å². The van der Waals surface area contributed by atoms with Crippen LogP contribution in [0.4, 0.5) is 0 Å². The Morgan fingerprint density at radius 1 is 1.17 bits per heavy atom. The van der Waals surface area contributed by atoms with Gasteiger partial charge in [0, 0.05) is 5.56 Å². The monoisotopic (exact) mass is 243 g/mol. The average molecular weight is 243 g/mol. The van der Waals surface area contributed by atoms with E-state index in [1.54, 1.807) is 12.5 Å². The molecular formula is C16H21NO. The van der Waals surface area contributed by atoms with Crippen LogP contribution in [0.15, 0.2) is 47.3 Å². The van der Waals surface area contributed by atoms with E-state index in [0.717, 1.165) is 6.42 Å². The van der Waals surface area contributed by atoms with Crippen LogP contribution < -0.4 is 5.32 Å². The summed E-state index contributed by atoms with van der Waals surface area (Å²) in [6, 6.07) is 11.0. The molecule has 1 unspecified atom stereocenters. The maximum absolute atomic E-state index is 5.17. The van der Waals surface area contributed by atoms with Gasteiger partial charge in [-0.25, -0.2) is 0 Å². The van der Waals surface area contributed by atoms with Gasteiger partial charge in [0.2, 0.25) is 0 Å². The summed E-state index contributed by atoms with van der Waals surface area (Å²) in [5, 5.41) is 3.34. The first-order valence-electron chi connectivity index (χ1n) is 6.49. The third kappa shape index (κ3) is 3.02. The van der Waals surface area contributed by atoms with Crippen LogP contribution in [0.2, 0.25) is 0 Å². The lowest BCUT2D eigenvalue weighted by molar-refractivity contribution is 0.557. The van der Waals surface area contributed by atoms with E-state index in [1.165, 1.54) is 16.7 Å². The summed E-state index contributed by atoms with van der Waals surface area (Å²) in [5.74, 6) is 0.683. The number of hydrogen-bond donors (Lipinski definition) is 1. The zero-order chi connectivity index (χ0) is 13.0. The molecular weight excluding hydrogens is 222 g/mol. The minimum Gasteiger partial charge on any atom is -0.472 e. The minimum atomic E-state index is 0.205. The number of benzene rings is 1. The van der Waals surface area contributed by atoms with E-state index in [0.29, 0.717) is 5.92 Å². The van der Waals surface area contributed by atoms with Gasteiger partial charge in [0.05, 0.1) is 18.6 Å². The molecule has 1 atom stereocenters. The molecule has 0 bridgehead atoms. The molecule has 0 saturated carbocycles. The quantitative estimate of drug-likeness (QED) is 0.864. The molecule has 1 aromatic carbocycles. The zero-order valence-corrected chi connectivity index (χ0v) is 11.3. The van der Waals surface area contributed by atoms with Gasteiger partial charge in [-0.05, 0) is 36.6 Å². The molecule has 2 rings (SSSR count). The molecule has 0 amide bonds. The van der Waals surface area contributed by atoms with E-state index in [-0.39, 0.29) is 6.04 Å². The summed E-state index contributed by atoms with van der Waals surface area (Å²) in [7, 11) is 1.98. The first-order chi connectivity index (χ1) is 8.70. The van der Waals surface area contributed by atoms with Crippen molar-refractivity contribution >= 4 is 0 Å². The van der Waals surface area contributed by atoms with Crippen LogP contribution in [0.3, 0.4) is 0 Å². The van der Waals surface area contributed by atoms with Crippen molar-refractivity contribution in [2.45, 2.75) is 26.3 Å². The number of rotatable bonds is 5. The Labute approximate surface area is 109 Å². The fourth-order valence-corrected chi connectivity index (χ4v) is 2.34. The number of furan rings is 1. The van der Waals surface area contributed by atoms with Crippen molar-refractivity contribution in [3.8, 4) is 0 Å². The van der Waals surface area contributed by atoms with Gasteiger partial charge in [-0.2, -0.15) is 0 Å². The van der Waals surface area contributed by atoms with Gasteiger partial charge in [-0.1, -0.05) is 38.1 Å². The molecule has 2 nitrogen and oxygen atoms in total. The predicted octanol–water partition coefficient (Wildman–Crippen LogP) is 3.79. The zero-order valence-electron chi connectivity index (χ0n) is 11.3. The largest absolute Gasteiger partial charge is 0.472 e. The fraction of sp³-hybridized carbons (Fsp3) is 0.375. The first kappa shape index (κ1) is 12.9. The minimum absolute atomic E-state index is 0.205. The first-order valence-corrected chi connectivity index (χ1v) is 6.49. The Bertz CT molecular complexity index is 474. The van der Waals surface area contributed by atoms with Crippen LogP contribution in [0.25, 0.3) is 0 Å². The summed E-state index contributed by atoms with van der Waals surface area (Å²) in [5.41, 5.74) is 3.85. The van der Waals surface area contributed by atoms with Gasteiger partial charge in [-0.3, -0.25) is 0 Å². The maximum atomic E-state index is 5.17. The van der Waals surface area contributed by atoms with Gasteiger partial charge in [0.15, 0.2) is 0 Å². The second kappa shape index (κ2) is 5.87. The molecule has 2 aromatic rings. The van der Waals surface area contributed by atoms with Crippen molar-refractivity contribution in [2.24, 2.45) is 5.92 Å². The van der Waals surface area contributed by atoms with Crippen LogP contribution in [0.5, 0.6) is 0 Å². The second-order valence-electron chi connectivity index (χ2n) is 5.12. The molecule has 0 radical (unpaired) electrons. The van der Waals surface area contributed by atoms with Crippen LogP contribution in [0.1, 0.15) is 36.6 Å². The van der Waals surface area contributed by atoms with E-state index in [1.807, 2.05) is 13.1 Å². The highest BCUT2D eigenvalue weighted by atomic mass is 16.3. The molecule has 0 aliphatic carbocycles. The Hall–Kier alpha value is -1.54. The van der Waals surface area contributed by atoms with Crippen molar-refractivity contribution in [3.63, 3.8) is 0 Å². The van der Waals surface area contributed by atoms with E-state index in [4.69, 9.17) is 4.42 Å². The lowest BCUT2D eigenvalue weighted by Gasteiger charge is -2.16. The Kier molecular flexibility index (Phi) is 4.21. The normalized spacial score (nSPS) is 12.9. The molecule has 2 heteroatoms. The highest BCUT2D eigenvalue weighted by Crippen LogP contribution is 2.23. The van der Waals surface area contributed by atoms with Crippen molar-refractivity contribution in [1.82, 2.24) is 5.32 Å². The number of hydrogen-bond acceptors (Lipinski definition) is 2. The summed E-state index contributed by atoms with van der Waals surface area (Å²) in [6.45, 7) is 4.50. The van der Waals surface area contributed by atoms with Gasteiger partial charge >= 0.3 is 0 Å². The Balaban J connectivity index is 2.26. The Morgan fingerprint density at radius 3 is 2.61 bits per heavy atom. The second-order valence-corrected chi connectivity index (χ2v) is 5.12. The SMILES string of the molecule is CNC(c1ccoc1)c1cccc(CC(C)C)c1. The maximum Gasteiger partial charge on any atom is 0.0953 e. The van der Waals surface area contributed by atoms with Gasteiger partial charge in [0.1, 0.15) is 0 Å². The standard InChI is InChI=1S/C16H21NO/c1-12(2)9-13-5-4-6-14(10-13)16(17-3)15-7-8-18-11-15/h4-8,10-12,16-17H,9H2,1-3H3. The van der Waals surface area contributed by atoms with Gasteiger partial charge in [-0.15, -0.1) is 0 Å². The average Bonchev–Trinajstić information content (AvgIpc) is 2.83. The van der Waals surface area contributed by atoms with Crippen molar-refractivity contribution in [1.29, 1.82) is 0 Å². The lowest BCUT2D eigenvalue weighted by Crippen LogP contribution is -2.17. The Morgan fingerprint density at radius 2 is 2.00 bits per heavy atom. The summed E-state index contributed by atoms with van der Waals surface area (Å²) < 4.78 is 5.17. The van der Waals surface area contributed by atoms with E-state index in [9.17, 15) is 0 Å². The van der Waals surface area contributed by atoms with Crippen molar-refractivity contribution in [3.05, 3.63) is 59.5 Å². The summed E-state index contributed by atoms with van der Waals surface area (Å²) in [6.07, 6.45) is 4.64. The van der Waals surface area contributed by atoms with Crippen LogP contribution >= 0.6 is 0 Å². The van der Waals surface area contributed by atoms with E-state index >= 15 is 0 Å². The summed E-state index contributed by atoms with van der Waals surface area (Å²) >= 11 is 0. The molecule has 0 saturated heterocycles. The topological polar surface area (TPSA) is 25.2 Å². The molecule has 18 heavy (non-hydrogen) atoms. The molecule has 0 aliphatic rings. The molecule has 1 heterocycles. The third-order valence-electron chi connectivity index (χ3n) is 3.09. The number of nitrogens with one attached hydrogen (secondary N) is 1. The van der Waals surface area contributed by atoms with Crippen LogP contribution in [-0.2, 0) is 6.42 Å². The highest BCUT2D eigenvalue weighted by Gasteiger charge is 2.13. The lowest BCUT2D eigenvalue weighted by atomic mass is 9.96. The summed E-state index contributed by atoms with van der Waals surface area (Å²) in [4.78, 5) is 0. The molecule has 0 aliphatic heterocycles. The molecule has 1 aromatic heterocycles.